The summed E-state index contributed by atoms with van der Waals surface area (Å²) >= 11 is 0. The summed E-state index contributed by atoms with van der Waals surface area (Å²) < 4.78 is 1.97. The van der Waals surface area contributed by atoms with Crippen LogP contribution in [0.15, 0.2) is 30.5 Å². The second-order valence-electron chi connectivity index (χ2n) is 4.44. The first kappa shape index (κ1) is 12.8. The molecule has 0 aliphatic rings. The van der Waals surface area contributed by atoms with E-state index < -0.39 is 0 Å². The Labute approximate surface area is 108 Å². The van der Waals surface area contributed by atoms with Crippen molar-refractivity contribution in [1.82, 2.24) is 20.3 Å². The monoisotopic (exact) mass is 244 g/mol. The van der Waals surface area contributed by atoms with Gasteiger partial charge in [-0.15, -0.1) is 5.10 Å². The van der Waals surface area contributed by atoms with Gasteiger partial charge < -0.3 is 5.32 Å². The van der Waals surface area contributed by atoms with E-state index in [2.05, 4.69) is 53.7 Å². The van der Waals surface area contributed by atoms with Gasteiger partial charge in [0.15, 0.2) is 0 Å². The minimum Gasteiger partial charge on any atom is -0.313 e. The van der Waals surface area contributed by atoms with Crippen LogP contribution in [0, 0.1) is 0 Å². The Morgan fingerprint density at radius 1 is 1.33 bits per heavy atom. The maximum absolute atomic E-state index is 4.15. The van der Waals surface area contributed by atoms with E-state index in [1.54, 1.807) is 0 Å². The van der Waals surface area contributed by atoms with Crippen molar-refractivity contribution < 1.29 is 0 Å². The number of hydrogen-bond acceptors (Lipinski definition) is 3. The topological polar surface area (TPSA) is 42.7 Å². The molecule has 0 amide bonds. The average Bonchev–Trinajstić information content (AvgIpc) is 2.86. The van der Waals surface area contributed by atoms with Gasteiger partial charge in [0.2, 0.25) is 0 Å². The van der Waals surface area contributed by atoms with E-state index in [-0.39, 0.29) is 0 Å². The van der Waals surface area contributed by atoms with Crippen LogP contribution in [0.25, 0.3) is 11.3 Å². The highest BCUT2D eigenvalue weighted by Crippen LogP contribution is 2.27. The van der Waals surface area contributed by atoms with Crippen molar-refractivity contribution in [3.05, 3.63) is 36.0 Å². The Bertz CT molecular complexity index is 504. The van der Waals surface area contributed by atoms with Gasteiger partial charge in [-0.3, -0.25) is 0 Å². The quantitative estimate of drug-likeness (QED) is 0.879. The molecular formula is C14H20N4. The number of hydrogen-bond donors (Lipinski definition) is 1. The maximum Gasteiger partial charge on any atom is 0.0888 e. The van der Waals surface area contributed by atoms with Crippen LogP contribution in [0.2, 0.25) is 0 Å². The van der Waals surface area contributed by atoms with E-state index in [9.17, 15) is 0 Å². The number of nitrogens with one attached hydrogen (secondary N) is 1. The molecule has 0 bridgehead atoms. The van der Waals surface area contributed by atoms with E-state index in [1.165, 1.54) is 11.1 Å². The van der Waals surface area contributed by atoms with Gasteiger partial charge in [-0.25, -0.2) is 4.68 Å². The summed E-state index contributed by atoms with van der Waals surface area (Å²) in [6.45, 7) is 5.21. The normalized spacial score (nSPS) is 12.6. The summed E-state index contributed by atoms with van der Waals surface area (Å²) in [5, 5.41) is 11.5. The van der Waals surface area contributed by atoms with E-state index in [1.807, 2.05) is 17.9 Å². The Hall–Kier alpha value is -1.68. The molecule has 0 saturated heterocycles. The number of aryl methyl sites for hydroxylation is 1. The molecule has 1 aromatic heterocycles. The third kappa shape index (κ3) is 2.43. The van der Waals surface area contributed by atoms with Gasteiger partial charge in [-0.1, -0.05) is 36.4 Å². The van der Waals surface area contributed by atoms with Crippen molar-refractivity contribution >= 4 is 0 Å². The van der Waals surface area contributed by atoms with Crippen LogP contribution in [-0.2, 0) is 6.54 Å². The van der Waals surface area contributed by atoms with Crippen LogP contribution in [0.4, 0.5) is 0 Å². The molecule has 1 aromatic carbocycles. The van der Waals surface area contributed by atoms with Crippen molar-refractivity contribution in [3.8, 4) is 11.3 Å². The van der Waals surface area contributed by atoms with Gasteiger partial charge in [-0.05, 0) is 26.0 Å². The van der Waals surface area contributed by atoms with Gasteiger partial charge in [0.1, 0.15) is 0 Å². The summed E-state index contributed by atoms with van der Waals surface area (Å²) in [4.78, 5) is 0. The molecule has 1 heterocycles. The van der Waals surface area contributed by atoms with Crippen LogP contribution in [-0.4, -0.2) is 22.0 Å². The van der Waals surface area contributed by atoms with Crippen molar-refractivity contribution in [2.45, 2.75) is 32.9 Å². The second-order valence-corrected chi connectivity index (χ2v) is 4.44. The molecule has 0 fully saturated rings. The number of benzene rings is 1. The fourth-order valence-electron chi connectivity index (χ4n) is 2.11. The first-order chi connectivity index (χ1) is 8.77. The molecule has 2 rings (SSSR count). The van der Waals surface area contributed by atoms with Gasteiger partial charge >= 0.3 is 0 Å². The highest BCUT2D eigenvalue weighted by Gasteiger charge is 2.13. The Morgan fingerprint density at radius 2 is 2.11 bits per heavy atom. The Kier molecular flexibility index (Phi) is 4.10. The van der Waals surface area contributed by atoms with Gasteiger partial charge in [0, 0.05) is 18.2 Å². The van der Waals surface area contributed by atoms with Crippen LogP contribution < -0.4 is 5.32 Å². The van der Waals surface area contributed by atoms with Crippen LogP contribution in [0.3, 0.4) is 0 Å². The van der Waals surface area contributed by atoms with Crippen molar-refractivity contribution in [2.24, 2.45) is 0 Å². The third-order valence-corrected chi connectivity index (χ3v) is 3.19. The maximum atomic E-state index is 4.15. The second kappa shape index (κ2) is 5.78. The lowest BCUT2D eigenvalue weighted by atomic mass is 9.99. The Morgan fingerprint density at radius 3 is 2.83 bits per heavy atom. The number of rotatable bonds is 5. The molecule has 2 aromatic rings. The molecule has 0 aliphatic heterocycles. The van der Waals surface area contributed by atoms with Crippen molar-refractivity contribution in [2.75, 3.05) is 7.05 Å². The van der Waals surface area contributed by atoms with Gasteiger partial charge in [0.25, 0.3) is 0 Å². The summed E-state index contributed by atoms with van der Waals surface area (Å²) in [5.74, 6) is 0. The fraction of sp³-hybridized carbons (Fsp3) is 0.429. The molecule has 18 heavy (non-hydrogen) atoms. The zero-order valence-corrected chi connectivity index (χ0v) is 11.2. The zero-order chi connectivity index (χ0) is 13.0. The van der Waals surface area contributed by atoms with Gasteiger partial charge in [0.05, 0.1) is 11.9 Å². The molecule has 0 saturated carbocycles. The van der Waals surface area contributed by atoms with Gasteiger partial charge in [-0.2, -0.15) is 0 Å². The smallest absolute Gasteiger partial charge is 0.0888 e. The minimum atomic E-state index is 0.311. The van der Waals surface area contributed by atoms with Crippen LogP contribution in [0.5, 0.6) is 0 Å². The number of aromatic nitrogens is 3. The molecule has 1 N–H and O–H groups in total. The molecule has 0 aliphatic carbocycles. The predicted molar refractivity (Wildman–Crippen MR) is 73.2 cm³/mol. The fourth-order valence-corrected chi connectivity index (χ4v) is 2.11. The van der Waals surface area contributed by atoms with Crippen LogP contribution >= 0.6 is 0 Å². The molecule has 1 unspecified atom stereocenters. The first-order valence-corrected chi connectivity index (χ1v) is 6.43. The highest BCUT2D eigenvalue weighted by molar-refractivity contribution is 5.63. The molecule has 0 radical (unpaired) electrons. The lowest BCUT2D eigenvalue weighted by molar-refractivity contribution is 0.582. The Balaban J connectivity index is 2.46. The summed E-state index contributed by atoms with van der Waals surface area (Å²) in [7, 11) is 1.98. The lowest BCUT2D eigenvalue weighted by Gasteiger charge is -2.16. The minimum absolute atomic E-state index is 0.311. The summed E-state index contributed by atoms with van der Waals surface area (Å²) in [6, 6.07) is 8.73. The number of nitrogens with zero attached hydrogens (tertiary/aromatic N) is 3. The molecule has 4 heteroatoms. The lowest BCUT2D eigenvalue weighted by Crippen LogP contribution is -2.14. The third-order valence-electron chi connectivity index (χ3n) is 3.19. The first-order valence-electron chi connectivity index (χ1n) is 6.43. The molecule has 0 spiro atoms. The van der Waals surface area contributed by atoms with E-state index >= 15 is 0 Å². The van der Waals surface area contributed by atoms with E-state index in [4.69, 9.17) is 0 Å². The average molecular weight is 244 g/mol. The van der Waals surface area contributed by atoms with E-state index in [0.717, 1.165) is 18.7 Å². The standard InChI is InChI=1S/C14H20N4/c1-4-9-18-14(10-16-17-18)13-8-6-5-7-12(13)11(2)15-3/h5-8,10-11,15H,4,9H2,1-3H3. The summed E-state index contributed by atoms with van der Waals surface area (Å²) in [6.07, 6.45) is 2.90. The van der Waals surface area contributed by atoms with Crippen molar-refractivity contribution in [3.63, 3.8) is 0 Å². The molecule has 96 valence electrons. The summed E-state index contributed by atoms with van der Waals surface area (Å²) in [5.41, 5.74) is 3.58. The zero-order valence-electron chi connectivity index (χ0n) is 11.2. The molecule has 1 atom stereocenters. The predicted octanol–water partition coefficient (Wildman–Crippen LogP) is 2.64. The van der Waals surface area contributed by atoms with Crippen molar-refractivity contribution in [1.29, 1.82) is 0 Å². The highest BCUT2D eigenvalue weighted by atomic mass is 15.4. The molecular weight excluding hydrogens is 224 g/mol. The molecule has 4 nitrogen and oxygen atoms in total. The largest absolute Gasteiger partial charge is 0.313 e. The SMILES string of the molecule is CCCn1nncc1-c1ccccc1C(C)NC. The van der Waals surface area contributed by atoms with E-state index in [0.29, 0.717) is 6.04 Å². The van der Waals surface area contributed by atoms with Crippen LogP contribution in [0.1, 0.15) is 31.9 Å².